The molecule has 0 saturated heterocycles. The molecule has 0 fully saturated rings. The van der Waals surface area contributed by atoms with Crippen molar-refractivity contribution >= 4 is 32.6 Å². The SMILES string of the molecule is CCC[CH2][Sn]([CH2]CCC)([CH2]CCC)[c]1ccc(-c2cccc(-c3ccccn3)n2)s1. The average Bonchev–Trinajstić information content (AvgIpc) is 3.31. The van der Waals surface area contributed by atoms with Crippen LogP contribution < -0.4 is 2.89 Å². The molecule has 4 heteroatoms. The molecule has 0 bridgehead atoms. The van der Waals surface area contributed by atoms with Crippen molar-refractivity contribution in [2.45, 2.75) is 72.6 Å². The molecule has 160 valence electrons. The Morgan fingerprint density at radius 2 is 1.33 bits per heavy atom. The number of unbranched alkanes of at least 4 members (excludes halogenated alkanes) is 3. The van der Waals surface area contributed by atoms with Gasteiger partial charge in [0.15, 0.2) is 0 Å². The molecule has 0 radical (unpaired) electrons. The van der Waals surface area contributed by atoms with E-state index in [1.807, 2.05) is 24.4 Å². The van der Waals surface area contributed by atoms with Gasteiger partial charge in [-0.05, 0) is 0 Å². The number of nitrogens with zero attached hydrogens (tertiary/aromatic N) is 2. The van der Waals surface area contributed by atoms with Gasteiger partial charge in [0.25, 0.3) is 0 Å². The zero-order valence-electron chi connectivity index (χ0n) is 18.9. The first kappa shape index (κ1) is 23.5. The number of hydrogen-bond acceptors (Lipinski definition) is 3. The van der Waals surface area contributed by atoms with Crippen LogP contribution in [0.3, 0.4) is 0 Å². The van der Waals surface area contributed by atoms with Gasteiger partial charge in [-0.15, -0.1) is 0 Å². The summed E-state index contributed by atoms with van der Waals surface area (Å²) in [6.45, 7) is 7.05. The number of pyridine rings is 2. The van der Waals surface area contributed by atoms with E-state index in [4.69, 9.17) is 4.98 Å². The van der Waals surface area contributed by atoms with Crippen LogP contribution in [-0.4, -0.2) is 28.3 Å². The molecule has 3 heterocycles. The van der Waals surface area contributed by atoms with Gasteiger partial charge in [-0.2, -0.15) is 0 Å². The molecule has 0 aromatic carbocycles. The van der Waals surface area contributed by atoms with E-state index in [9.17, 15) is 0 Å². The maximum absolute atomic E-state index is 4.97. The Morgan fingerprint density at radius 3 is 1.93 bits per heavy atom. The van der Waals surface area contributed by atoms with Gasteiger partial charge in [0, 0.05) is 0 Å². The van der Waals surface area contributed by atoms with Crippen LogP contribution in [0.15, 0.2) is 54.7 Å². The number of aromatic nitrogens is 2. The first-order valence-corrected chi connectivity index (χ1v) is 20.0. The molecule has 0 aliphatic heterocycles. The van der Waals surface area contributed by atoms with E-state index in [0.717, 1.165) is 17.1 Å². The molecule has 0 aliphatic rings. The molecular weight excluding hydrogens is 491 g/mol. The van der Waals surface area contributed by atoms with Gasteiger partial charge in [0.2, 0.25) is 0 Å². The molecule has 3 aromatic heterocycles. The fraction of sp³-hybridized carbons (Fsp3) is 0.462. The molecule has 0 unspecified atom stereocenters. The van der Waals surface area contributed by atoms with Crippen molar-refractivity contribution in [3.05, 3.63) is 54.7 Å². The predicted molar refractivity (Wildman–Crippen MR) is 135 cm³/mol. The van der Waals surface area contributed by atoms with Crippen molar-refractivity contribution in [1.82, 2.24) is 9.97 Å². The fourth-order valence-electron chi connectivity index (χ4n) is 4.28. The van der Waals surface area contributed by atoms with E-state index >= 15 is 0 Å². The molecular formula is C26H36N2SSn. The topological polar surface area (TPSA) is 25.8 Å². The fourth-order valence-corrected chi connectivity index (χ4v) is 24.4. The molecule has 0 spiro atoms. The third-order valence-corrected chi connectivity index (χ3v) is 25.5. The predicted octanol–water partition coefficient (Wildman–Crippen LogP) is 7.93. The monoisotopic (exact) mass is 528 g/mol. The van der Waals surface area contributed by atoms with Crippen LogP contribution in [-0.2, 0) is 0 Å². The third kappa shape index (κ3) is 5.94. The van der Waals surface area contributed by atoms with Gasteiger partial charge in [-0.25, -0.2) is 0 Å². The van der Waals surface area contributed by atoms with Crippen molar-refractivity contribution in [3.63, 3.8) is 0 Å². The minimum atomic E-state index is -2.36. The quantitative estimate of drug-likeness (QED) is 0.224. The van der Waals surface area contributed by atoms with E-state index in [1.54, 1.807) is 2.89 Å². The van der Waals surface area contributed by atoms with Crippen LogP contribution in [0.1, 0.15) is 59.3 Å². The van der Waals surface area contributed by atoms with E-state index in [2.05, 4.69) is 67.4 Å². The summed E-state index contributed by atoms with van der Waals surface area (Å²) in [5.41, 5.74) is 3.00. The summed E-state index contributed by atoms with van der Waals surface area (Å²) in [4.78, 5) is 10.8. The van der Waals surface area contributed by atoms with Crippen LogP contribution in [0, 0.1) is 0 Å². The van der Waals surface area contributed by atoms with Crippen LogP contribution in [0.4, 0.5) is 0 Å². The number of hydrogen-bond donors (Lipinski definition) is 0. The molecule has 2 nitrogen and oxygen atoms in total. The minimum absolute atomic E-state index is 0.943. The Hall–Kier alpha value is -1.20. The maximum atomic E-state index is 4.97. The first-order valence-electron chi connectivity index (χ1n) is 11.7. The Bertz CT molecular complexity index is 869. The van der Waals surface area contributed by atoms with Crippen molar-refractivity contribution in [1.29, 1.82) is 0 Å². The van der Waals surface area contributed by atoms with Gasteiger partial charge < -0.3 is 0 Å². The molecule has 3 rings (SSSR count). The van der Waals surface area contributed by atoms with E-state index in [0.29, 0.717) is 0 Å². The molecule has 0 aliphatic carbocycles. The third-order valence-electron chi connectivity index (χ3n) is 6.08. The second kappa shape index (κ2) is 12.0. The first-order chi connectivity index (χ1) is 14.7. The van der Waals surface area contributed by atoms with Crippen molar-refractivity contribution < 1.29 is 0 Å². The van der Waals surface area contributed by atoms with Gasteiger partial charge in [-0.3, -0.25) is 0 Å². The number of rotatable bonds is 12. The molecule has 0 atom stereocenters. The standard InChI is InChI=1S/C14H9N2S.3C4H9.Sn/c1-2-9-15-11(5-1)12-6-3-7-13(16-12)14-8-4-10-17-14;3*1-3-4-2;/h1-9H;3*1,3-4H2,2H3;. The molecule has 0 amide bonds. The van der Waals surface area contributed by atoms with Gasteiger partial charge >= 0.3 is 192 Å². The van der Waals surface area contributed by atoms with Gasteiger partial charge in [0.1, 0.15) is 0 Å². The molecule has 30 heavy (non-hydrogen) atoms. The summed E-state index contributed by atoms with van der Waals surface area (Å²) in [7, 11) is 0. The van der Waals surface area contributed by atoms with E-state index < -0.39 is 18.4 Å². The summed E-state index contributed by atoms with van der Waals surface area (Å²) in [5, 5.41) is 0. The Kier molecular flexibility index (Phi) is 9.38. The van der Waals surface area contributed by atoms with Crippen molar-refractivity contribution in [2.75, 3.05) is 0 Å². The van der Waals surface area contributed by atoms with E-state index in [1.165, 1.54) is 56.7 Å². The summed E-state index contributed by atoms with van der Waals surface area (Å²) in [6.07, 6.45) is 10.0. The Labute approximate surface area is 191 Å². The van der Waals surface area contributed by atoms with Crippen LogP contribution >= 0.6 is 11.3 Å². The Morgan fingerprint density at radius 1 is 0.700 bits per heavy atom. The summed E-state index contributed by atoms with van der Waals surface area (Å²) in [5.74, 6) is 0. The zero-order chi connectivity index (χ0) is 21.2. The normalized spacial score (nSPS) is 11.7. The Balaban J connectivity index is 1.93. The van der Waals surface area contributed by atoms with E-state index in [-0.39, 0.29) is 0 Å². The summed E-state index contributed by atoms with van der Waals surface area (Å²) >= 11 is -0.300. The molecule has 0 N–H and O–H groups in total. The van der Waals surface area contributed by atoms with Gasteiger partial charge in [0.05, 0.1) is 0 Å². The summed E-state index contributed by atoms with van der Waals surface area (Å²) < 4.78 is 6.34. The van der Waals surface area contributed by atoms with Crippen LogP contribution in [0.5, 0.6) is 0 Å². The van der Waals surface area contributed by atoms with Crippen molar-refractivity contribution in [3.8, 4) is 22.0 Å². The average molecular weight is 527 g/mol. The number of thiophene rings is 1. The second-order valence-corrected chi connectivity index (χ2v) is 23.6. The second-order valence-electron chi connectivity index (χ2n) is 8.38. The van der Waals surface area contributed by atoms with Crippen molar-refractivity contribution in [2.24, 2.45) is 0 Å². The summed E-state index contributed by atoms with van der Waals surface area (Å²) in [6, 6.07) is 17.2. The zero-order valence-corrected chi connectivity index (χ0v) is 22.5. The van der Waals surface area contributed by atoms with Gasteiger partial charge in [-0.1, -0.05) is 0 Å². The molecule has 0 saturated carbocycles. The van der Waals surface area contributed by atoms with Crippen LogP contribution in [0.2, 0.25) is 13.3 Å². The molecule has 3 aromatic rings. The van der Waals surface area contributed by atoms with Crippen LogP contribution in [0.25, 0.3) is 22.0 Å².